The van der Waals surface area contributed by atoms with Gasteiger partial charge in [-0.05, 0) is 19.9 Å². The van der Waals surface area contributed by atoms with Crippen molar-refractivity contribution in [2.75, 3.05) is 27.7 Å². The maximum absolute atomic E-state index is 12.1. The molecule has 0 aromatic carbocycles. The Kier molecular flexibility index (Phi) is 5.59. The first-order chi connectivity index (χ1) is 8.53. The Bertz CT molecular complexity index is 299. The fourth-order valence-electron chi connectivity index (χ4n) is 2.55. The van der Waals surface area contributed by atoms with Crippen molar-refractivity contribution >= 4 is 11.8 Å². The normalized spacial score (nSPS) is 18.2. The third-order valence-electron chi connectivity index (χ3n) is 3.92. The van der Waals surface area contributed by atoms with E-state index in [1.165, 1.54) is 24.2 Å². The topological polar surface area (TPSA) is 61.4 Å². The molecule has 0 unspecified atom stereocenters. The molecular formula is C13H25N3O2. The van der Waals surface area contributed by atoms with E-state index in [0.29, 0.717) is 6.42 Å². The summed E-state index contributed by atoms with van der Waals surface area (Å²) in [6, 6.07) is 0. The molecule has 1 aliphatic rings. The molecule has 0 atom stereocenters. The monoisotopic (exact) mass is 255 g/mol. The van der Waals surface area contributed by atoms with E-state index in [0.717, 1.165) is 12.8 Å². The summed E-state index contributed by atoms with van der Waals surface area (Å²) in [6.45, 7) is 0.134. The Hall–Kier alpha value is -1.10. The first-order valence-corrected chi connectivity index (χ1v) is 6.66. The van der Waals surface area contributed by atoms with Gasteiger partial charge in [0.1, 0.15) is 0 Å². The molecule has 1 fully saturated rings. The minimum atomic E-state index is -0.131. The Morgan fingerprint density at radius 2 is 1.78 bits per heavy atom. The molecule has 1 aliphatic carbocycles. The Morgan fingerprint density at radius 3 is 2.28 bits per heavy atom. The molecule has 5 nitrogen and oxygen atoms in total. The smallest absolute Gasteiger partial charge is 0.239 e. The second-order valence-corrected chi connectivity index (χ2v) is 5.19. The SMILES string of the molecule is CNC(=O)CN(C)C(=O)CC1(NC)CCCCC1. The molecule has 2 N–H and O–H groups in total. The maximum Gasteiger partial charge on any atom is 0.239 e. The summed E-state index contributed by atoms with van der Waals surface area (Å²) in [5, 5.41) is 5.85. The molecule has 1 saturated carbocycles. The largest absolute Gasteiger partial charge is 0.358 e. The van der Waals surface area contributed by atoms with Crippen LogP contribution in [0.5, 0.6) is 0 Å². The maximum atomic E-state index is 12.1. The molecule has 1 rings (SSSR count). The molecule has 18 heavy (non-hydrogen) atoms. The van der Waals surface area contributed by atoms with Crippen LogP contribution in [0.15, 0.2) is 0 Å². The standard InChI is InChI=1S/C13H25N3O2/c1-14-11(17)10-16(3)12(18)9-13(15-2)7-5-4-6-8-13/h15H,4-10H2,1-3H3,(H,14,17). The average Bonchev–Trinajstić information content (AvgIpc) is 2.39. The minimum Gasteiger partial charge on any atom is -0.358 e. The van der Waals surface area contributed by atoms with Gasteiger partial charge in [0.05, 0.1) is 6.54 Å². The predicted octanol–water partition coefficient (Wildman–Crippen LogP) is 0.503. The van der Waals surface area contributed by atoms with Gasteiger partial charge >= 0.3 is 0 Å². The van der Waals surface area contributed by atoms with Gasteiger partial charge in [0, 0.05) is 26.1 Å². The second kappa shape index (κ2) is 6.73. The molecule has 104 valence electrons. The van der Waals surface area contributed by atoms with Gasteiger partial charge in [0.2, 0.25) is 11.8 Å². The van der Waals surface area contributed by atoms with Crippen molar-refractivity contribution < 1.29 is 9.59 Å². The Balaban J connectivity index is 2.53. The van der Waals surface area contributed by atoms with E-state index in [-0.39, 0.29) is 23.9 Å². The molecule has 0 aromatic rings. The van der Waals surface area contributed by atoms with Gasteiger partial charge in [0.15, 0.2) is 0 Å². The molecule has 0 saturated heterocycles. The fourth-order valence-corrected chi connectivity index (χ4v) is 2.55. The van der Waals surface area contributed by atoms with Crippen LogP contribution in [0, 0.1) is 0 Å². The van der Waals surface area contributed by atoms with Gasteiger partial charge < -0.3 is 15.5 Å². The molecular weight excluding hydrogens is 230 g/mol. The van der Waals surface area contributed by atoms with E-state index in [9.17, 15) is 9.59 Å². The Labute approximate surface area is 109 Å². The van der Waals surface area contributed by atoms with E-state index in [1.807, 2.05) is 7.05 Å². The van der Waals surface area contributed by atoms with Gasteiger partial charge in [0.25, 0.3) is 0 Å². The summed E-state index contributed by atoms with van der Waals surface area (Å²) < 4.78 is 0. The van der Waals surface area contributed by atoms with Crippen molar-refractivity contribution in [2.24, 2.45) is 0 Å². The van der Waals surface area contributed by atoms with E-state index in [4.69, 9.17) is 0 Å². The number of carbonyl (C=O) groups excluding carboxylic acids is 2. The number of nitrogens with one attached hydrogen (secondary N) is 2. The summed E-state index contributed by atoms with van der Waals surface area (Å²) in [6.07, 6.45) is 6.18. The van der Waals surface area contributed by atoms with Crippen molar-refractivity contribution in [3.63, 3.8) is 0 Å². The van der Waals surface area contributed by atoms with Gasteiger partial charge in [-0.25, -0.2) is 0 Å². The lowest BCUT2D eigenvalue weighted by atomic mass is 9.79. The Morgan fingerprint density at radius 1 is 1.17 bits per heavy atom. The summed E-state index contributed by atoms with van der Waals surface area (Å²) >= 11 is 0. The number of hydrogen-bond acceptors (Lipinski definition) is 3. The van der Waals surface area contributed by atoms with E-state index < -0.39 is 0 Å². The number of rotatable bonds is 5. The van der Waals surface area contributed by atoms with E-state index in [1.54, 1.807) is 14.1 Å². The van der Waals surface area contributed by atoms with Crippen LogP contribution in [-0.2, 0) is 9.59 Å². The first-order valence-electron chi connectivity index (χ1n) is 6.66. The van der Waals surface area contributed by atoms with Crippen molar-refractivity contribution in [3.8, 4) is 0 Å². The van der Waals surface area contributed by atoms with Crippen molar-refractivity contribution in [1.29, 1.82) is 0 Å². The van der Waals surface area contributed by atoms with Gasteiger partial charge in [-0.3, -0.25) is 9.59 Å². The molecule has 0 aromatic heterocycles. The van der Waals surface area contributed by atoms with Crippen molar-refractivity contribution in [2.45, 2.75) is 44.1 Å². The van der Waals surface area contributed by atoms with Crippen LogP contribution < -0.4 is 10.6 Å². The van der Waals surface area contributed by atoms with Gasteiger partial charge in [-0.1, -0.05) is 19.3 Å². The zero-order valence-corrected chi connectivity index (χ0v) is 11.7. The van der Waals surface area contributed by atoms with Gasteiger partial charge in [-0.15, -0.1) is 0 Å². The molecule has 0 radical (unpaired) electrons. The van der Waals surface area contributed by atoms with Crippen LogP contribution in [0.25, 0.3) is 0 Å². The summed E-state index contributed by atoms with van der Waals surface area (Å²) in [5.41, 5.74) is -0.0632. The molecule has 0 bridgehead atoms. The van der Waals surface area contributed by atoms with Crippen molar-refractivity contribution in [1.82, 2.24) is 15.5 Å². The molecule has 5 heteroatoms. The van der Waals surface area contributed by atoms with Crippen LogP contribution in [0.3, 0.4) is 0 Å². The molecule has 0 spiro atoms. The first kappa shape index (κ1) is 15.0. The zero-order chi connectivity index (χ0) is 13.6. The molecule has 0 heterocycles. The fraction of sp³-hybridized carbons (Fsp3) is 0.846. The highest BCUT2D eigenvalue weighted by Gasteiger charge is 2.33. The van der Waals surface area contributed by atoms with Crippen LogP contribution in [-0.4, -0.2) is 49.9 Å². The lowest BCUT2D eigenvalue weighted by Gasteiger charge is -2.37. The number of amides is 2. The molecule has 2 amide bonds. The van der Waals surface area contributed by atoms with Crippen LogP contribution in [0.4, 0.5) is 0 Å². The number of nitrogens with zero attached hydrogens (tertiary/aromatic N) is 1. The zero-order valence-electron chi connectivity index (χ0n) is 11.7. The highest BCUT2D eigenvalue weighted by atomic mass is 16.2. The predicted molar refractivity (Wildman–Crippen MR) is 71.2 cm³/mol. The van der Waals surface area contributed by atoms with Crippen LogP contribution in [0.1, 0.15) is 38.5 Å². The summed E-state index contributed by atoms with van der Waals surface area (Å²) in [5.74, 6) is -0.0946. The van der Waals surface area contributed by atoms with Crippen LogP contribution >= 0.6 is 0 Å². The molecule has 0 aliphatic heterocycles. The summed E-state index contributed by atoms with van der Waals surface area (Å²) in [4.78, 5) is 24.9. The van der Waals surface area contributed by atoms with Crippen molar-refractivity contribution in [3.05, 3.63) is 0 Å². The highest BCUT2D eigenvalue weighted by Crippen LogP contribution is 2.31. The van der Waals surface area contributed by atoms with Crippen LogP contribution in [0.2, 0.25) is 0 Å². The van der Waals surface area contributed by atoms with Gasteiger partial charge in [-0.2, -0.15) is 0 Å². The third kappa shape index (κ3) is 3.98. The van der Waals surface area contributed by atoms with E-state index >= 15 is 0 Å². The second-order valence-electron chi connectivity index (χ2n) is 5.19. The average molecular weight is 255 g/mol. The quantitative estimate of drug-likeness (QED) is 0.752. The highest BCUT2D eigenvalue weighted by molar-refractivity contribution is 5.84. The summed E-state index contributed by atoms with van der Waals surface area (Å²) in [7, 11) is 5.19. The third-order valence-corrected chi connectivity index (χ3v) is 3.92. The number of hydrogen-bond donors (Lipinski definition) is 2. The lowest BCUT2D eigenvalue weighted by molar-refractivity contribution is -0.136. The lowest BCUT2D eigenvalue weighted by Crippen LogP contribution is -2.49. The number of likely N-dealkylation sites (N-methyl/N-ethyl adjacent to an activating group) is 2. The van der Waals surface area contributed by atoms with E-state index in [2.05, 4.69) is 10.6 Å². The minimum absolute atomic E-state index is 0.0369. The number of carbonyl (C=O) groups is 2.